The number of rotatable bonds is 6. The second-order valence-corrected chi connectivity index (χ2v) is 7.64. The maximum Gasteiger partial charge on any atom is 0.272 e. The summed E-state index contributed by atoms with van der Waals surface area (Å²) in [6.45, 7) is 6.87. The molecule has 1 amide bonds. The molecule has 3 rings (SSSR count). The van der Waals surface area contributed by atoms with Crippen molar-refractivity contribution in [1.82, 2.24) is 14.9 Å². The SMILES string of the molecule is CC(C)CCNc1cc(C(=O)N2CCCCCC2)nc(-c2ccccc2)n1. The predicted octanol–water partition coefficient (Wildman–Crippen LogP) is 4.62. The van der Waals surface area contributed by atoms with Crippen LogP contribution in [-0.4, -0.2) is 40.4 Å². The molecule has 0 atom stereocenters. The average Bonchev–Trinajstić information content (AvgIpc) is 2.97. The van der Waals surface area contributed by atoms with E-state index in [1.165, 1.54) is 12.8 Å². The van der Waals surface area contributed by atoms with Crippen molar-refractivity contribution >= 4 is 11.7 Å². The third kappa shape index (κ3) is 5.52. The van der Waals surface area contributed by atoms with Gasteiger partial charge in [-0.3, -0.25) is 4.79 Å². The van der Waals surface area contributed by atoms with Crippen LogP contribution in [0.25, 0.3) is 11.4 Å². The van der Waals surface area contributed by atoms with E-state index in [1.807, 2.05) is 35.2 Å². The highest BCUT2D eigenvalue weighted by atomic mass is 16.2. The molecule has 0 bridgehead atoms. The van der Waals surface area contributed by atoms with E-state index in [-0.39, 0.29) is 5.91 Å². The molecule has 27 heavy (non-hydrogen) atoms. The summed E-state index contributed by atoms with van der Waals surface area (Å²) in [7, 11) is 0. The van der Waals surface area contributed by atoms with Crippen molar-refractivity contribution in [3.8, 4) is 11.4 Å². The molecule has 1 aliphatic heterocycles. The van der Waals surface area contributed by atoms with Crippen molar-refractivity contribution in [2.24, 2.45) is 5.92 Å². The molecule has 2 aromatic rings. The Morgan fingerprint density at radius 2 is 1.78 bits per heavy atom. The van der Waals surface area contributed by atoms with Gasteiger partial charge in [-0.1, -0.05) is 57.0 Å². The van der Waals surface area contributed by atoms with E-state index in [9.17, 15) is 4.79 Å². The number of benzene rings is 1. The van der Waals surface area contributed by atoms with E-state index in [4.69, 9.17) is 0 Å². The van der Waals surface area contributed by atoms with Crippen molar-refractivity contribution in [3.63, 3.8) is 0 Å². The summed E-state index contributed by atoms with van der Waals surface area (Å²) < 4.78 is 0. The Kier molecular flexibility index (Phi) is 6.80. The first-order chi connectivity index (χ1) is 13.1. The molecule has 0 radical (unpaired) electrons. The number of amides is 1. The number of hydrogen-bond acceptors (Lipinski definition) is 4. The fraction of sp³-hybridized carbons (Fsp3) is 0.500. The van der Waals surface area contributed by atoms with Gasteiger partial charge in [-0.05, 0) is 25.2 Å². The number of carbonyl (C=O) groups is 1. The molecular formula is C22H30N4O. The summed E-state index contributed by atoms with van der Waals surface area (Å²) in [5.41, 5.74) is 1.41. The highest BCUT2D eigenvalue weighted by Crippen LogP contribution is 2.20. The first-order valence-corrected chi connectivity index (χ1v) is 10.1. The van der Waals surface area contributed by atoms with Crippen LogP contribution in [0.1, 0.15) is 56.4 Å². The maximum absolute atomic E-state index is 13.1. The summed E-state index contributed by atoms with van der Waals surface area (Å²) in [5.74, 6) is 1.96. The molecule has 1 aliphatic rings. The van der Waals surface area contributed by atoms with Crippen LogP contribution in [0.15, 0.2) is 36.4 Å². The number of nitrogens with one attached hydrogen (secondary N) is 1. The first-order valence-electron chi connectivity index (χ1n) is 10.1. The smallest absolute Gasteiger partial charge is 0.272 e. The summed E-state index contributed by atoms with van der Waals surface area (Å²) in [6, 6.07) is 11.7. The Morgan fingerprint density at radius 3 is 2.44 bits per heavy atom. The minimum atomic E-state index is 0.0170. The van der Waals surface area contributed by atoms with Crippen LogP contribution in [0.3, 0.4) is 0 Å². The van der Waals surface area contributed by atoms with Gasteiger partial charge in [0.15, 0.2) is 5.82 Å². The Balaban J connectivity index is 1.87. The highest BCUT2D eigenvalue weighted by Gasteiger charge is 2.20. The Labute approximate surface area is 162 Å². The molecule has 1 N–H and O–H groups in total. The van der Waals surface area contributed by atoms with E-state index in [0.717, 1.165) is 50.3 Å². The number of nitrogens with zero attached hydrogens (tertiary/aromatic N) is 3. The number of hydrogen-bond donors (Lipinski definition) is 1. The van der Waals surface area contributed by atoms with Gasteiger partial charge in [0.25, 0.3) is 5.91 Å². The number of likely N-dealkylation sites (tertiary alicyclic amines) is 1. The van der Waals surface area contributed by atoms with E-state index in [0.29, 0.717) is 17.4 Å². The van der Waals surface area contributed by atoms with Crippen LogP contribution in [0, 0.1) is 5.92 Å². The van der Waals surface area contributed by atoms with E-state index in [2.05, 4.69) is 29.1 Å². The van der Waals surface area contributed by atoms with Gasteiger partial charge in [-0.15, -0.1) is 0 Å². The van der Waals surface area contributed by atoms with Crippen LogP contribution in [0.5, 0.6) is 0 Å². The Bertz CT molecular complexity index is 737. The zero-order valence-electron chi connectivity index (χ0n) is 16.4. The summed E-state index contributed by atoms with van der Waals surface area (Å²) in [6.07, 6.45) is 5.60. The largest absolute Gasteiger partial charge is 0.370 e. The van der Waals surface area contributed by atoms with E-state index >= 15 is 0 Å². The van der Waals surface area contributed by atoms with Crippen LogP contribution < -0.4 is 5.32 Å². The molecule has 0 unspecified atom stereocenters. The van der Waals surface area contributed by atoms with Crippen LogP contribution >= 0.6 is 0 Å². The first kappa shape index (κ1) is 19.3. The van der Waals surface area contributed by atoms with Gasteiger partial charge < -0.3 is 10.2 Å². The molecular weight excluding hydrogens is 336 g/mol. The van der Waals surface area contributed by atoms with Crippen LogP contribution in [0.4, 0.5) is 5.82 Å². The van der Waals surface area contributed by atoms with Gasteiger partial charge in [0.2, 0.25) is 0 Å². The Morgan fingerprint density at radius 1 is 1.07 bits per heavy atom. The van der Waals surface area contributed by atoms with Crippen molar-refractivity contribution in [1.29, 1.82) is 0 Å². The topological polar surface area (TPSA) is 58.1 Å². The van der Waals surface area contributed by atoms with Crippen LogP contribution in [-0.2, 0) is 0 Å². The molecule has 0 spiro atoms. The lowest BCUT2D eigenvalue weighted by molar-refractivity contribution is 0.0755. The standard InChI is InChI=1S/C22H30N4O/c1-17(2)12-13-23-20-16-19(22(27)26-14-8-3-4-9-15-26)24-21(25-20)18-10-6-5-7-11-18/h5-7,10-11,16-17H,3-4,8-9,12-15H2,1-2H3,(H,23,24,25). The van der Waals surface area contributed by atoms with Gasteiger partial charge in [-0.2, -0.15) is 0 Å². The molecule has 0 saturated carbocycles. The molecule has 1 fully saturated rings. The maximum atomic E-state index is 13.1. The van der Waals surface area contributed by atoms with Crippen molar-refractivity contribution in [3.05, 3.63) is 42.1 Å². The van der Waals surface area contributed by atoms with Crippen molar-refractivity contribution in [2.45, 2.75) is 46.0 Å². The third-order valence-corrected chi connectivity index (χ3v) is 4.90. The molecule has 1 aromatic carbocycles. The lowest BCUT2D eigenvalue weighted by Gasteiger charge is -2.20. The molecule has 2 heterocycles. The van der Waals surface area contributed by atoms with Gasteiger partial charge in [0.05, 0.1) is 0 Å². The normalized spacial score (nSPS) is 14.9. The molecule has 1 aromatic heterocycles. The van der Waals surface area contributed by atoms with Crippen molar-refractivity contribution < 1.29 is 4.79 Å². The van der Waals surface area contributed by atoms with Crippen LogP contribution in [0.2, 0.25) is 0 Å². The molecule has 0 aliphatic carbocycles. The lowest BCUT2D eigenvalue weighted by atomic mass is 10.1. The fourth-order valence-electron chi connectivity index (χ4n) is 3.29. The quantitative estimate of drug-likeness (QED) is 0.810. The average molecular weight is 367 g/mol. The minimum Gasteiger partial charge on any atom is -0.370 e. The zero-order chi connectivity index (χ0) is 19.1. The zero-order valence-corrected chi connectivity index (χ0v) is 16.4. The number of anilines is 1. The van der Waals surface area contributed by atoms with Gasteiger partial charge in [0, 0.05) is 31.3 Å². The van der Waals surface area contributed by atoms with Gasteiger partial charge >= 0.3 is 0 Å². The number of carbonyl (C=O) groups excluding carboxylic acids is 1. The van der Waals surface area contributed by atoms with E-state index in [1.54, 1.807) is 6.07 Å². The van der Waals surface area contributed by atoms with E-state index < -0.39 is 0 Å². The third-order valence-electron chi connectivity index (χ3n) is 4.90. The second kappa shape index (κ2) is 9.49. The highest BCUT2D eigenvalue weighted by molar-refractivity contribution is 5.93. The van der Waals surface area contributed by atoms with Gasteiger partial charge in [0.1, 0.15) is 11.5 Å². The predicted molar refractivity (Wildman–Crippen MR) is 110 cm³/mol. The molecule has 1 saturated heterocycles. The fourth-order valence-corrected chi connectivity index (χ4v) is 3.29. The van der Waals surface area contributed by atoms with Gasteiger partial charge in [-0.25, -0.2) is 9.97 Å². The Hall–Kier alpha value is -2.43. The molecule has 144 valence electrons. The summed E-state index contributed by atoms with van der Waals surface area (Å²) >= 11 is 0. The minimum absolute atomic E-state index is 0.0170. The summed E-state index contributed by atoms with van der Waals surface area (Å²) in [4.78, 5) is 24.3. The number of aromatic nitrogens is 2. The lowest BCUT2D eigenvalue weighted by Crippen LogP contribution is -2.32. The monoisotopic (exact) mass is 366 g/mol. The summed E-state index contributed by atoms with van der Waals surface area (Å²) in [5, 5.41) is 3.37. The second-order valence-electron chi connectivity index (χ2n) is 7.64. The van der Waals surface area contributed by atoms with Crippen molar-refractivity contribution in [2.75, 3.05) is 25.0 Å². The molecule has 5 heteroatoms. The molecule has 5 nitrogen and oxygen atoms in total.